The predicted molar refractivity (Wildman–Crippen MR) is 135 cm³/mol. The topological polar surface area (TPSA) is 88.5 Å². The van der Waals surface area contributed by atoms with Gasteiger partial charge in [0.15, 0.2) is 17.2 Å². The number of fused-ring (bicyclic) bond motifs is 1. The second kappa shape index (κ2) is 11.0. The van der Waals surface area contributed by atoms with Crippen LogP contribution < -0.4 is 19.1 Å². The zero-order valence-electron chi connectivity index (χ0n) is 20.3. The maximum absolute atomic E-state index is 13.7. The molecule has 186 valence electrons. The fourth-order valence-corrected chi connectivity index (χ4v) is 4.73. The number of carbonyl (C=O) groups is 1. The van der Waals surface area contributed by atoms with Crippen molar-refractivity contribution in [2.24, 2.45) is 0 Å². The summed E-state index contributed by atoms with van der Waals surface area (Å²) >= 11 is 0. The Morgan fingerprint density at radius 1 is 1.09 bits per heavy atom. The van der Waals surface area contributed by atoms with E-state index in [0.717, 1.165) is 38.8 Å². The lowest BCUT2D eigenvalue weighted by Gasteiger charge is -2.30. The Labute approximate surface area is 202 Å². The van der Waals surface area contributed by atoms with E-state index >= 15 is 0 Å². The highest BCUT2D eigenvalue weighted by Gasteiger charge is 2.27. The summed E-state index contributed by atoms with van der Waals surface area (Å²) in [6.45, 7) is 5.79. The quantitative estimate of drug-likeness (QED) is 0.425. The number of hydrogen-bond acceptors (Lipinski definition) is 6. The summed E-state index contributed by atoms with van der Waals surface area (Å²) in [7, 11) is 0.273. The minimum Gasteiger partial charge on any atom is -0.478 e. The van der Waals surface area contributed by atoms with Gasteiger partial charge < -0.3 is 24.2 Å². The Kier molecular flexibility index (Phi) is 8.33. The maximum Gasteiger partial charge on any atom is 0.335 e. The van der Waals surface area contributed by atoms with Crippen LogP contribution in [0.15, 0.2) is 35.2 Å². The summed E-state index contributed by atoms with van der Waals surface area (Å²) in [6.07, 6.45) is 3.81. The molecule has 34 heavy (non-hydrogen) atoms. The predicted octanol–water partition coefficient (Wildman–Crippen LogP) is 4.86. The average molecular weight is 491 g/mol. The molecule has 1 heterocycles. The van der Waals surface area contributed by atoms with Gasteiger partial charge in [0, 0.05) is 19.2 Å². The van der Waals surface area contributed by atoms with Gasteiger partial charge in [0.2, 0.25) is 6.79 Å². The molecule has 0 bridgehead atoms. The van der Waals surface area contributed by atoms with Gasteiger partial charge in [-0.3, -0.25) is 0 Å². The lowest BCUT2D eigenvalue weighted by Crippen LogP contribution is -2.28. The first-order valence-corrected chi connectivity index (χ1v) is 13.2. The second-order valence-corrected chi connectivity index (χ2v) is 10.8. The average Bonchev–Trinajstić information content (AvgIpc) is 3.27. The SMILES string of the molecule is C=S(=O)(c1cc(C(=O)O)cc(N(CCCC)CCCC)c1Oc1ccc2c(c1)OCO2)N(C)C. The van der Waals surface area contributed by atoms with E-state index in [-0.39, 0.29) is 17.3 Å². The zero-order chi connectivity index (χ0) is 24.9. The third-order valence-corrected chi connectivity index (χ3v) is 7.85. The molecule has 2 aromatic carbocycles. The molecule has 9 heteroatoms. The van der Waals surface area contributed by atoms with Crippen molar-refractivity contribution in [3.63, 3.8) is 0 Å². The number of carboxylic acid groups (broad SMARTS) is 1. The standard InChI is InChI=1S/C25H34N2O6S/c1-6-8-12-27(13-9-7-2)20-14-18(25(28)29)15-23(34(5,30)26(3)4)24(20)33-19-10-11-21-22(16-19)32-17-31-21/h10-11,14-16H,5-9,12-13,17H2,1-4H3,(H,28,29). The van der Waals surface area contributed by atoms with E-state index < -0.39 is 15.7 Å². The number of aromatic carboxylic acids is 1. The lowest BCUT2D eigenvalue weighted by molar-refractivity contribution is 0.0696. The molecule has 0 saturated heterocycles. The summed E-state index contributed by atoms with van der Waals surface area (Å²) in [5, 5.41) is 9.84. The van der Waals surface area contributed by atoms with Crippen LogP contribution in [0.5, 0.6) is 23.0 Å². The molecule has 3 rings (SSSR count). The molecule has 0 amide bonds. The van der Waals surface area contributed by atoms with Gasteiger partial charge in [0.05, 0.1) is 25.9 Å². The van der Waals surface area contributed by atoms with Gasteiger partial charge in [-0.25, -0.2) is 13.3 Å². The number of carboxylic acids is 1. The molecule has 1 unspecified atom stereocenters. The minimum atomic E-state index is -3.03. The third kappa shape index (κ3) is 5.59. The van der Waals surface area contributed by atoms with E-state index in [0.29, 0.717) is 28.7 Å². The number of ether oxygens (including phenoxy) is 3. The Hall–Kier alpha value is -2.91. The van der Waals surface area contributed by atoms with Gasteiger partial charge in [-0.05, 0) is 57.1 Å². The van der Waals surface area contributed by atoms with Gasteiger partial charge in [-0.2, -0.15) is 0 Å². The van der Waals surface area contributed by atoms with Gasteiger partial charge in [-0.15, -0.1) is 0 Å². The Morgan fingerprint density at radius 2 is 1.74 bits per heavy atom. The summed E-state index contributed by atoms with van der Waals surface area (Å²) in [5.41, 5.74) is 0.631. The Balaban J connectivity index is 2.23. The van der Waals surface area contributed by atoms with Crippen LogP contribution in [0.3, 0.4) is 0 Å². The van der Waals surface area contributed by atoms with Crippen LogP contribution in [0.1, 0.15) is 49.9 Å². The number of anilines is 1. The molecule has 1 atom stereocenters. The molecule has 1 N–H and O–H groups in total. The van der Waals surface area contributed by atoms with Gasteiger partial charge in [0.1, 0.15) is 5.75 Å². The van der Waals surface area contributed by atoms with Gasteiger partial charge in [-0.1, -0.05) is 26.7 Å². The monoisotopic (exact) mass is 490 g/mol. The normalized spacial score (nSPS) is 14.1. The maximum atomic E-state index is 13.7. The lowest BCUT2D eigenvalue weighted by atomic mass is 10.1. The molecular formula is C25H34N2O6S. The van der Waals surface area contributed by atoms with Crippen molar-refractivity contribution in [1.29, 1.82) is 0 Å². The molecule has 2 aromatic rings. The smallest absolute Gasteiger partial charge is 0.335 e. The molecule has 0 aromatic heterocycles. The van der Waals surface area contributed by atoms with E-state index in [1.807, 2.05) is 0 Å². The second-order valence-electron chi connectivity index (χ2n) is 8.39. The number of hydrogen-bond donors (Lipinski definition) is 1. The largest absolute Gasteiger partial charge is 0.478 e. The fourth-order valence-electron chi connectivity index (χ4n) is 3.59. The van der Waals surface area contributed by atoms with Gasteiger partial charge in [0.25, 0.3) is 0 Å². The first-order valence-electron chi connectivity index (χ1n) is 11.5. The molecule has 1 aliphatic rings. The third-order valence-electron chi connectivity index (χ3n) is 5.68. The highest BCUT2D eigenvalue weighted by molar-refractivity contribution is 7.98. The van der Waals surface area contributed by atoms with Crippen molar-refractivity contribution in [3.8, 4) is 23.0 Å². The van der Waals surface area contributed by atoms with Crippen molar-refractivity contribution in [2.75, 3.05) is 38.9 Å². The molecule has 0 saturated carbocycles. The fraction of sp³-hybridized carbons (Fsp3) is 0.440. The first kappa shape index (κ1) is 25.7. The molecule has 0 spiro atoms. The van der Waals surface area contributed by atoms with Crippen molar-refractivity contribution < 1.29 is 28.3 Å². The zero-order valence-corrected chi connectivity index (χ0v) is 21.2. The Morgan fingerprint density at radius 3 is 2.32 bits per heavy atom. The molecule has 0 aliphatic carbocycles. The molecule has 1 aliphatic heterocycles. The van der Waals surface area contributed by atoms with E-state index in [9.17, 15) is 14.1 Å². The van der Waals surface area contributed by atoms with Crippen LogP contribution in [-0.2, 0) is 9.71 Å². The van der Waals surface area contributed by atoms with Crippen LogP contribution in [0.2, 0.25) is 0 Å². The molecular weight excluding hydrogens is 456 g/mol. The number of benzene rings is 2. The van der Waals surface area contributed by atoms with Crippen molar-refractivity contribution in [3.05, 3.63) is 35.9 Å². The van der Waals surface area contributed by atoms with E-state index in [1.54, 1.807) is 38.4 Å². The van der Waals surface area contributed by atoms with Crippen LogP contribution >= 0.6 is 0 Å². The summed E-state index contributed by atoms with van der Waals surface area (Å²) in [4.78, 5) is 14.4. The number of unbranched alkanes of at least 4 members (excludes halogenated alkanes) is 2. The van der Waals surface area contributed by atoms with Crippen LogP contribution in [-0.4, -0.2) is 59.4 Å². The highest BCUT2D eigenvalue weighted by atomic mass is 32.2. The number of rotatable bonds is 12. The molecule has 8 nitrogen and oxygen atoms in total. The van der Waals surface area contributed by atoms with Gasteiger partial charge >= 0.3 is 5.97 Å². The van der Waals surface area contributed by atoms with Crippen molar-refractivity contribution in [1.82, 2.24) is 4.31 Å². The van der Waals surface area contributed by atoms with Crippen LogP contribution in [0.4, 0.5) is 5.69 Å². The molecule has 0 fully saturated rings. The summed E-state index contributed by atoms with van der Waals surface area (Å²) in [5.74, 6) is 4.82. The van der Waals surface area contributed by atoms with Crippen molar-refractivity contribution >= 4 is 27.2 Å². The van der Waals surface area contributed by atoms with Crippen LogP contribution in [0, 0.1) is 0 Å². The first-order chi connectivity index (χ1) is 16.2. The van der Waals surface area contributed by atoms with Crippen molar-refractivity contribution in [2.45, 2.75) is 44.4 Å². The minimum absolute atomic E-state index is 0.0410. The number of nitrogens with zero attached hydrogens (tertiary/aromatic N) is 2. The summed E-state index contributed by atoms with van der Waals surface area (Å²) < 4.78 is 32.5. The van der Waals surface area contributed by atoms with E-state index in [1.165, 1.54) is 10.4 Å². The highest BCUT2D eigenvalue weighted by Crippen LogP contribution is 2.43. The Bertz CT molecular complexity index is 1120. The van der Waals surface area contributed by atoms with E-state index in [4.69, 9.17) is 14.2 Å². The van der Waals surface area contributed by atoms with E-state index in [2.05, 4.69) is 24.6 Å². The summed E-state index contributed by atoms with van der Waals surface area (Å²) in [6, 6.07) is 8.22. The van der Waals surface area contributed by atoms with Crippen LogP contribution in [0.25, 0.3) is 0 Å². The molecule has 0 radical (unpaired) electrons.